The average molecular weight is 467 g/mol. The first kappa shape index (κ1) is 21.7. The smallest absolute Gasteiger partial charge is 0.267 e. The molecule has 7 nitrogen and oxygen atoms in total. The molecule has 0 spiro atoms. The number of nitrogens with one attached hydrogen (secondary N) is 2. The van der Waals surface area contributed by atoms with Crippen molar-refractivity contribution in [2.24, 2.45) is 0 Å². The maximum absolute atomic E-state index is 12.8. The van der Waals surface area contributed by atoms with Crippen LogP contribution in [0.2, 0.25) is 5.02 Å². The Labute approximate surface area is 193 Å². The number of ether oxygens (including phenoxy) is 1. The van der Waals surface area contributed by atoms with Crippen molar-refractivity contribution in [2.45, 2.75) is 20.5 Å². The summed E-state index contributed by atoms with van der Waals surface area (Å²) in [6.07, 6.45) is 0. The molecule has 2 N–H and O–H groups in total. The van der Waals surface area contributed by atoms with Gasteiger partial charge in [0, 0.05) is 28.0 Å². The van der Waals surface area contributed by atoms with Crippen LogP contribution in [0, 0.1) is 13.8 Å². The van der Waals surface area contributed by atoms with Gasteiger partial charge in [0.25, 0.3) is 11.5 Å². The molecule has 0 radical (unpaired) electrons. The van der Waals surface area contributed by atoms with Gasteiger partial charge in [-0.1, -0.05) is 23.7 Å². The zero-order valence-corrected chi connectivity index (χ0v) is 18.9. The summed E-state index contributed by atoms with van der Waals surface area (Å²) in [4.78, 5) is 36.6. The lowest BCUT2D eigenvalue weighted by molar-refractivity contribution is 0.103. The van der Waals surface area contributed by atoms with Crippen molar-refractivity contribution in [1.82, 2.24) is 15.0 Å². The van der Waals surface area contributed by atoms with Crippen LogP contribution in [0.15, 0.2) is 59.4 Å². The van der Waals surface area contributed by atoms with E-state index in [2.05, 4.69) is 20.3 Å². The van der Waals surface area contributed by atoms with Gasteiger partial charge >= 0.3 is 0 Å². The molecule has 0 aliphatic carbocycles. The number of carbonyl (C=O) groups is 1. The third-order valence-corrected chi connectivity index (χ3v) is 5.87. The van der Waals surface area contributed by atoms with E-state index >= 15 is 0 Å². The molecule has 0 fully saturated rings. The van der Waals surface area contributed by atoms with Gasteiger partial charge in [0.05, 0.1) is 5.69 Å². The molecule has 0 aliphatic rings. The third-order valence-electron chi connectivity index (χ3n) is 4.49. The minimum absolute atomic E-state index is 0.226. The van der Waals surface area contributed by atoms with Gasteiger partial charge in [-0.3, -0.25) is 9.59 Å². The lowest BCUT2D eigenvalue weighted by atomic mass is 10.2. The number of aromatic amines is 1. The van der Waals surface area contributed by atoms with Crippen molar-refractivity contribution in [1.29, 1.82) is 0 Å². The molecule has 0 unspecified atom stereocenters. The Kier molecular flexibility index (Phi) is 6.34. The number of rotatable bonds is 6. The molecule has 32 heavy (non-hydrogen) atoms. The van der Waals surface area contributed by atoms with Gasteiger partial charge in [-0.25, -0.2) is 9.97 Å². The molecule has 2 aromatic heterocycles. The molecule has 0 aliphatic heterocycles. The van der Waals surface area contributed by atoms with Crippen LogP contribution < -0.4 is 15.6 Å². The zero-order valence-electron chi connectivity index (χ0n) is 17.3. The zero-order chi connectivity index (χ0) is 22.7. The summed E-state index contributed by atoms with van der Waals surface area (Å²) < 4.78 is 5.72. The number of hydrogen-bond donors (Lipinski definition) is 2. The first-order chi connectivity index (χ1) is 15.4. The second kappa shape index (κ2) is 9.33. The van der Waals surface area contributed by atoms with Gasteiger partial charge in [0.1, 0.15) is 28.1 Å². The molecule has 1 amide bonds. The molecule has 2 heterocycles. The number of halogens is 1. The van der Waals surface area contributed by atoms with E-state index in [1.54, 1.807) is 56.3 Å². The highest BCUT2D eigenvalue weighted by atomic mass is 35.5. The van der Waals surface area contributed by atoms with E-state index in [1.165, 1.54) is 17.4 Å². The minimum atomic E-state index is -0.263. The predicted octanol–water partition coefficient (Wildman–Crippen LogP) is 4.99. The van der Waals surface area contributed by atoms with Crippen molar-refractivity contribution in [2.75, 3.05) is 5.32 Å². The number of nitrogens with zero attached hydrogens (tertiary/aromatic N) is 2. The Morgan fingerprint density at radius 1 is 1.12 bits per heavy atom. The molecule has 0 bridgehead atoms. The molecule has 2 aromatic carbocycles. The number of hydrogen-bond acceptors (Lipinski definition) is 6. The summed E-state index contributed by atoms with van der Waals surface area (Å²) in [5.74, 6) is 0.857. The Hall–Kier alpha value is -3.49. The highest BCUT2D eigenvalue weighted by Crippen LogP contribution is 2.24. The fraction of sp³-hybridized carbons (Fsp3) is 0.130. The van der Waals surface area contributed by atoms with Crippen molar-refractivity contribution < 1.29 is 9.53 Å². The maximum atomic E-state index is 12.8. The van der Waals surface area contributed by atoms with Crippen molar-refractivity contribution in [3.8, 4) is 17.1 Å². The van der Waals surface area contributed by atoms with E-state index in [0.717, 1.165) is 0 Å². The number of benzene rings is 2. The van der Waals surface area contributed by atoms with Crippen LogP contribution in [-0.2, 0) is 6.61 Å². The third kappa shape index (κ3) is 5.22. The summed E-state index contributed by atoms with van der Waals surface area (Å²) in [6, 6.07) is 15.6. The lowest BCUT2D eigenvalue weighted by Gasteiger charge is -2.07. The van der Waals surface area contributed by atoms with Crippen LogP contribution in [0.25, 0.3) is 11.4 Å². The maximum Gasteiger partial charge on any atom is 0.267 e. The van der Waals surface area contributed by atoms with Crippen molar-refractivity contribution >= 4 is 34.5 Å². The van der Waals surface area contributed by atoms with Crippen LogP contribution in [-0.4, -0.2) is 20.9 Å². The highest BCUT2D eigenvalue weighted by molar-refractivity contribution is 7.13. The molecule has 162 valence electrons. The quantitative estimate of drug-likeness (QED) is 0.417. The topological polar surface area (TPSA) is 97.0 Å². The first-order valence-corrected chi connectivity index (χ1v) is 10.9. The van der Waals surface area contributed by atoms with Crippen LogP contribution in [0.3, 0.4) is 0 Å². The molecule has 0 saturated heterocycles. The molecule has 0 atom stereocenters. The summed E-state index contributed by atoms with van der Waals surface area (Å²) in [5, 5.41) is 4.21. The van der Waals surface area contributed by atoms with E-state index in [9.17, 15) is 9.59 Å². The molecule has 4 rings (SSSR count). The normalized spacial score (nSPS) is 10.7. The number of anilines is 1. The number of aromatic nitrogens is 3. The second-order valence-electron chi connectivity index (χ2n) is 7.04. The van der Waals surface area contributed by atoms with Gasteiger partial charge in [-0.05, 0) is 50.2 Å². The molecular weight excluding hydrogens is 448 g/mol. The van der Waals surface area contributed by atoms with E-state index in [1.807, 2.05) is 6.07 Å². The summed E-state index contributed by atoms with van der Waals surface area (Å²) in [6.45, 7) is 3.79. The Bertz CT molecular complexity index is 1330. The fourth-order valence-corrected chi connectivity index (χ4v) is 4.05. The van der Waals surface area contributed by atoms with Gasteiger partial charge < -0.3 is 15.0 Å². The van der Waals surface area contributed by atoms with Crippen LogP contribution >= 0.6 is 22.9 Å². The molecule has 4 aromatic rings. The van der Waals surface area contributed by atoms with Crippen LogP contribution in [0.4, 0.5) is 5.69 Å². The number of carbonyl (C=O) groups excluding carboxylic acids is 1. The summed E-state index contributed by atoms with van der Waals surface area (Å²) in [5.41, 5.74) is 2.30. The van der Waals surface area contributed by atoms with E-state index < -0.39 is 0 Å². The Morgan fingerprint density at radius 2 is 1.91 bits per heavy atom. The first-order valence-electron chi connectivity index (χ1n) is 9.72. The number of aryl methyl sites for hydroxylation is 2. The summed E-state index contributed by atoms with van der Waals surface area (Å²) in [7, 11) is 0. The Balaban J connectivity index is 1.47. The van der Waals surface area contributed by atoms with Crippen LogP contribution in [0.1, 0.15) is 26.1 Å². The molecule has 9 heteroatoms. The molecule has 0 saturated carbocycles. The van der Waals surface area contributed by atoms with Crippen molar-refractivity contribution in [3.63, 3.8) is 0 Å². The number of H-pyrrole nitrogens is 1. The van der Waals surface area contributed by atoms with Gasteiger partial charge in [0.2, 0.25) is 0 Å². The monoisotopic (exact) mass is 466 g/mol. The van der Waals surface area contributed by atoms with Gasteiger partial charge in [0.15, 0.2) is 0 Å². The standard InChI is InChI=1S/C23H19ClN4O3S/c1-13-10-19(29)28-22(25-13)15-4-3-5-17(11-15)27-23(30)21-14(2)26-20(32-21)12-31-18-8-6-16(24)7-9-18/h3-11H,12H2,1-2H3,(H,27,30)(H,25,28,29). The largest absolute Gasteiger partial charge is 0.486 e. The highest BCUT2D eigenvalue weighted by Gasteiger charge is 2.16. The second-order valence-corrected chi connectivity index (χ2v) is 8.56. The van der Waals surface area contributed by atoms with E-state index in [0.29, 0.717) is 49.1 Å². The van der Waals surface area contributed by atoms with Crippen LogP contribution in [0.5, 0.6) is 5.75 Å². The van der Waals surface area contributed by atoms with Gasteiger partial charge in [-0.2, -0.15) is 0 Å². The summed E-state index contributed by atoms with van der Waals surface area (Å²) >= 11 is 7.16. The lowest BCUT2D eigenvalue weighted by Crippen LogP contribution is -2.12. The Morgan fingerprint density at radius 3 is 2.66 bits per heavy atom. The van der Waals surface area contributed by atoms with Gasteiger partial charge in [-0.15, -0.1) is 11.3 Å². The number of amides is 1. The molecular formula is C23H19ClN4O3S. The minimum Gasteiger partial charge on any atom is -0.486 e. The van der Waals surface area contributed by atoms with E-state index in [-0.39, 0.29) is 18.1 Å². The average Bonchev–Trinajstić information content (AvgIpc) is 3.13. The van der Waals surface area contributed by atoms with E-state index in [4.69, 9.17) is 16.3 Å². The fourth-order valence-electron chi connectivity index (χ4n) is 3.05. The number of thiazole rings is 1. The SMILES string of the molecule is Cc1cc(=O)[nH]c(-c2cccc(NC(=O)c3sc(COc4ccc(Cl)cc4)nc3C)c2)n1. The predicted molar refractivity (Wildman–Crippen MR) is 126 cm³/mol. The van der Waals surface area contributed by atoms with Crippen molar-refractivity contribution in [3.05, 3.63) is 91.2 Å².